The van der Waals surface area contributed by atoms with Crippen LogP contribution in [0.2, 0.25) is 0 Å². The molecule has 1 aromatic heterocycles. The van der Waals surface area contributed by atoms with Gasteiger partial charge in [-0.1, -0.05) is 0 Å². The zero-order chi connectivity index (χ0) is 12.7. The Hall–Kier alpha value is -1.55. The third-order valence-corrected chi connectivity index (χ3v) is 4.05. The number of rotatable bonds is 4. The molecular formula is C15H19N3O. The summed E-state index contributed by atoms with van der Waals surface area (Å²) in [6.45, 7) is 2.14. The Kier molecular flexibility index (Phi) is 2.69. The molecule has 2 N–H and O–H groups in total. The van der Waals surface area contributed by atoms with Crippen LogP contribution in [0.5, 0.6) is 0 Å². The van der Waals surface area contributed by atoms with Gasteiger partial charge in [-0.25, -0.2) is 4.98 Å². The number of nitrogens with one attached hydrogen (secondary N) is 2. The zero-order valence-corrected chi connectivity index (χ0v) is 11.0. The predicted molar refractivity (Wildman–Crippen MR) is 75.5 cm³/mol. The van der Waals surface area contributed by atoms with Gasteiger partial charge >= 0.3 is 0 Å². The summed E-state index contributed by atoms with van der Waals surface area (Å²) in [5.41, 5.74) is 3.02. The molecule has 4 heteroatoms. The molecule has 0 radical (unpaired) electrons. The monoisotopic (exact) mass is 257 g/mol. The van der Waals surface area contributed by atoms with Gasteiger partial charge in [-0.2, -0.15) is 0 Å². The van der Waals surface area contributed by atoms with Crippen LogP contribution in [-0.2, 0) is 0 Å². The Balaban J connectivity index is 1.50. The van der Waals surface area contributed by atoms with Crippen LogP contribution in [0.15, 0.2) is 22.6 Å². The van der Waals surface area contributed by atoms with Crippen molar-refractivity contribution in [2.75, 3.05) is 18.4 Å². The number of oxazole rings is 1. The van der Waals surface area contributed by atoms with Crippen LogP contribution < -0.4 is 10.6 Å². The van der Waals surface area contributed by atoms with Crippen molar-refractivity contribution in [3.8, 4) is 0 Å². The fraction of sp³-hybridized carbons (Fsp3) is 0.533. The Morgan fingerprint density at radius 2 is 2.26 bits per heavy atom. The predicted octanol–water partition coefficient (Wildman–Crippen LogP) is 2.87. The number of fused-ring (bicyclic) bond motifs is 1. The molecule has 4 rings (SSSR count). The number of hydrogen-bond donors (Lipinski definition) is 2. The number of benzene rings is 1. The molecule has 1 aromatic carbocycles. The molecule has 2 fully saturated rings. The number of anilines is 1. The Labute approximate surface area is 112 Å². The van der Waals surface area contributed by atoms with Crippen molar-refractivity contribution < 1.29 is 4.42 Å². The molecule has 2 heterocycles. The van der Waals surface area contributed by atoms with E-state index < -0.39 is 0 Å². The minimum Gasteiger partial charge on any atom is -0.440 e. The largest absolute Gasteiger partial charge is 0.440 e. The SMILES string of the molecule is c1cc2oc(C3CC3)nc2cc1NCC1CCCN1. The van der Waals surface area contributed by atoms with Crippen molar-refractivity contribution in [1.82, 2.24) is 10.3 Å². The van der Waals surface area contributed by atoms with Crippen molar-refractivity contribution >= 4 is 16.8 Å². The highest BCUT2D eigenvalue weighted by atomic mass is 16.3. The van der Waals surface area contributed by atoms with Gasteiger partial charge in [0.05, 0.1) is 0 Å². The Morgan fingerprint density at radius 1 is 1.32 bits per heavy atom. The number of hydrogen-bond acceptors (Lipinski definition) is 4. The number of aromatic nitrogens is 1. The highest BCUT2D eigenvalue weighted by Gasteiger charge is 2.28. The van der Waals surface area contributed by atoms with Crippen LogP contribution in [0.25, 0.3) is 11.1 Å². The lowest BCUT2D eigenvalue weighted by atomic mass is 10.2. The van der Waals surface area contributed by atoms with Gasteiger partial charge in [-0.15, -0.1) is 0 Å². The first-order valence-corrected chi connectivity index (χ1v) is 7.26. The molecule has 1 saturated carbocycles. The average Bonchev–Trinajstić information content (AvgIpc) is 3.00. The molecule has 4 nitrogen and oxygen atoms in total. The zero-order valence-electron chi connectivity index (χ0n) is 11.0. The summed E-state index contributed by atoms with van der Waals surface area (Å²) in [7, 11) is 0. The molecule has 1 saturated heterocycles. The van der Waals surface area contributed by atoms with Crippen molar-refractivity contribution in [1.29, 1.82) is 0 Å². The van der Waals surface area contributed by atoms with Crippen LogP contribution in [0.3, 0.4) is 0 Å². The second-order valence-corrected chi connectivity index (χ2v) is 5.68. The van der Waals surface area contributed by atoms with Crippen molar-refractivity contribution in [3.63, 3.8) is 0 Å². The summed E-state index contributed by atoms with van der Waals surface area (Å²) in [4.78, 5) is 4.59. The van der Waals surface area contributed by atoms with E-state index in [9.17, 15) is 0 Å². The lowest BCUT2D eigenvalue weighted by Crippen LogP contribution is -2.29. The smallest absolute Gasteiger partial charge is 0.198 e. The molecule has 1 unspecified atom stereocenters. The first-order valence-electron chi connectivity index (χ1n) is 7.26. The maximum absolute atomic E-state index is 5.77. The highest BCUT2D eigenvalue weighted by molar-refractivity contribution is 5.77. The van der Waals surface area contributed by atoms with Gasteiger partial charge < -0.3 is 15.1 Å². The summed E-state index contributed by atoms with van der Waals surface area (Å²) in [5.74, 6) is 1.50. The summed E-state index contributed by atoms with van der Waals surface area (Å²) in [6, 6.07) is 6.81. The van der Waals surface area contributed by atoms with Crippen LogP contribution in [0.1, 0.15) is 37.5 Å². The van der Waals surface area contributed by atoms with E-state index in [1.54, 1.807) is 0 Å². The van der Waals surface area contributed by atoms with E-state index in [4.69, 9.17) is 4.42 Å². The highest BCUT2D eigenvalue weighted by Crippen LogP contribution is 2.40. The minimum absolute atomic E-state index is 0.575. The maximum atomic E-state index is 5.77. The quantitative estimate of drug-likeness (QED) is 0.884. The van der Waals surface area contributed by atoms with E-state index in [2.05, 4.69) is 27.8 Å². The normalized spacial score (nSPS) is 23.1. The first-order chi connectivity index (χ1) is 9.38. The molecule has 2 aromatic rings. The van der Waals surface area contributed by atoms with E-state index in [-0.39, 0.29) is 0 Å². The van der Waals surface area contributed by atoms with Crippen molar-refractivity contribution in [2.45, 2.75) is 37.6 Å². The molecule has 19 heavy (non-hydrogen) atoms. The van der Waals surface area contributed by atoms with Gasteiger partial charge in [0.25, 0.3) is 0 Å². The summed E-state index contributed by atoms with van der Waals surface area (Å²) >= 11 is 0. The molecule has 0 amide bonds. The van der Waals surface area contributed by atoms with Gasteiger partial charge in [0.15, 0.2) is 11.5 Å². The fourth-order valence-electron chi connectivity index (χ4n) is 2.73. The maximum Gasteiger partial charge on any atom is 0.198 e. The van der Waals surface area contributed by atoms with Gasteiger partial charge in [-0.05, 0) is 50.4 Å². The second-order valence-electron chi connectivity index (χ2n) is 5.68. The van der Waals surface area contributed by atoms with Gasteiger partial charge in [0, 0.05) is 24.2 Å². The second kappa shape index (κ2) is 4.53. The lowest BCUT2D eigenvalue weighted by Gasteiger charge is -2.12. The molecule has 1 aliphatic heterocycles. The van der Waals surface area contributed by atoms with Crippen LogP contribution in [-0.4, -0.2) is 24.1 Å². The Morgan fingerprint density at radius 3 is 3.05 bits per heavy atom. The van der Waals surface area contributed by atoms with Crippen LogP contribution >= 0.6 is 0 Å². The van der Waals surface area contributed by atoms with Gasteiger partial charge in [0.1, 0.15) is 5.52 Å². The minimum atomic E-state index is 0.575. The molecule has 100 valence electrons. The molecular weight excluding hydrogens is 238 g/mol. The fourth-order valence-corrected chi connectivity index (χ4v) is 2.73. The number of nitrogens with zero attached hydrogens (tertiary/aromatic N) is 1. The first kappa shape index (κ1) is 11.3. The molecule has 0 bridgehead atoms. The topological polar surface area (TPSA) is 50.1 Å². The van der Waals surface area contributed by atoms with Crippen molar-refractivity contribution in [3.05, 3.63) is 24.1 Å². The van der Waals surface area contributed by atoms with Crippen LogP contribution in [0, 0.1) is 0 Å². The van der Waals surface area contributed by atoms with E-state index >= 15 is 0 Å². The Bertz CT molecular complexity index is 582. The van der Waals surface area contributed by atoms with E-state index in [1.165, 1.54) is 25.7 Å². The van der Waals surface area contributed by atoms with Crippen LogP contribution in [0.4, 0.5) is 5.69 Å². The molecule has 1 atom stereocenters. The van der Waals surface area contributed by atoms with Crippen molar-refractivity contribution in [2.24, 2.45) is 0 Å². The summed E-state index contributed by atoms with van der Waals surface area (Å²) in [6.07, 6.45) is 5.01. The van der Waals surface area contributed by atoms with E-state index in [1.807, 2.05) is 6.07 Å². The molecule has 1 aliphatic carbocycles. The molecule has 0 spiro atoms. The standard InChI is InChI=1S/C15H19N3O/c1-2-12(16-7-1)9-17-11-5-6-14-13(8-11)18-15(19-14)10-3-4-10/h5-6,8,10,12,16-17H,1-4,7,9H2. The van der Waals surface area contributed by atoms with Gasteiger partial charge in [-0.3, -0.25) is 0 Å². The summed E-state index contributed by atoms with van der Waals surface area (Å²) < 4.78 is 5.77. The lowest BCUT2D eigenvalue weighted by molar-refractivity contribution is 0.533. The average molecular weight is 257 g/mol. The van der Waals surface area contributed by atoms with Gasteiger partial charge in [0.2, 0.25) is 0 Å². The summed E-state index contributed by atoms with van der Waals surface area (Å²) in [5, 5.41) is 6.98. The van der Waals surface area contributed by atoms with E-state index in [0.29, 0.717) is 12.0 Å². The third-order valence-electron chi connectivity index (χ3n) is 4.05. The molecule has 2 aliphatic rings. The van der Waals surface area contributed by atoms with E-state index in [0.717, 1.165) is 35.8 Å². The third kappa shape index (κ3) is 2.32.